The maximum atomic E-state index is 14.6. The number of hydrogen-bond donors (Lipinski definition) is 1. The Morgan fingerprint density at radius 1 is 1.03 bits per heavy atom. The molecule has 1 aromatic heterocycles. The van der Waals surface area contributed by atoms with E-state index < -0.39 is 5.82 Å². The predicted molar refractivity (Wildman–Crippen MR) is 121 cm³/mol. The molecule has 0 fully saturated rings. The molecule has 0 spiro atoms. The van der Waals surface area contributed by atoms with Crippen LogP contribution in [0.15, 0.2) is 60.8 Å². The third kappa shape index (κ3) is 5.34. The number of pyridine rings is 1. The first-order chi connectivity index (χ1) is 14.9. The Hall–Kier alpha value is -3.54. The van der Waals surface area contributed by atoms with Crippen molar-refractivity contribution in [1.29, 1.82) is 0 Å². The number of Topliss-reactive ketones (excluding diaryl/α,β-unsaturated/α-hetero) is 1. The molecule has 1 heterocycles. The maximum Gasteiger partial charge on any atom is 0.226 e. The lowest BCUT2D eigenvalue weighted by atomic mass is 9.99. The van der Waals surface area contributed by atoms with E-state index in [1.165, 1.54) is 11.0 Å². The molecule has 0 bridgehead atoms. The van der Waals surface area contributed by atoms with Crippen molar-refractivity contribution < 1.29 is 14.0 Å². The van der Waals surface area contributed by atoms with Gasteiger partial charge in [0.05, 0.1) is 5.69 Å². The first-order valence-electron chi connectivity index (χ1n) is 10.3. The minimum atomic E-state index is -0.460. The Balaban J connectivity index is 1.69. The highest BCUT2D eigenvalue weighted by molar-refractivity contribution is 5.97. The van der Waals surface area contributed by atoms with E-state index in [9.17, 15) is 14.0 Å². The molecule has 0 radical (unpaired) electrons. The van der Waals surface area contributed by atoms with Crippen LogP contribution < -0.4 is 10.6 Å². The Morgan fingerprint density at radius 2 is 1.74 bits per heavy atom. The van der Waals surface area contributed by atoms with Gasteiger partial charge in [-0.15, -0.1) is 0 Å². The van der Waals surface area contributed by atoms with Crippen LogP contribution in [-0.2, 0) is 11.2 Å². The van der Waals surface area contributed by atoms with Crippen molar-refractivity contribution in [3.05, 3.63) is 77.7 Å². The van der Waals surface area contributed by atoms with Crippen molar-refractivity contribution in [2.45, 2.75) is 32.6 Å². The van der Waals surface area contributed by atoms with Crippen LogP contribution in [0.25, 0.3) is 11.1 Å². The zero-order valence-electron chi connectivity index (χ0n) is 17.8. The summed E-state index contributed by atoms with van der Waals surface area (Å²) in [6.45, 7) is 1.91. The number of anilines is 2. The molecule has 1 amide bonds. The summed E-state index contributed by atoms with van der Waals surface area (Å²) in [6.07, 6.45) is 3.56. The van der Waals surface area contributed by atoms with Gasteiger partial charge in [0.25, 0.3) is 0 Å². The number of carbonyl (C=O) groups excluding carboxylic acids is 2. The number of nitrogen functional groups attached to an aromatic ring is 1. The quantitative estimate of drug-likeness (QED) is 0.519. The normalized spacial score (nSPS) is 10.7. The molecule has 0 saturated carbocycles. The number of aromatic nitrogens is 1. The van der Waals surface area contributed by atoms with Crippen LogP contribution in [0.4, 0.5) is 15.9 Å². The molecule has 0 aliphatic heterocycles. The van der Waals surface area contributed by atoms with Crippen molar-refractivity contribution in [2.75, 3.05) is 17.7 Å². The van der Waals surface area contributed by atoms with Crippen LogP contribution in [-0.4, -0.2) is 23.7 Å². The van der Waals surface area contributed by atoms with Crippen molar-refractivity contribution in [3.63, 3.8) is 0 Å². The molecule has 0 aliphatic rings. The van der Waals surface area contributed by atoms with E-state index in [0.717, 1.165) is 11.1 Å². The topological polar surface area (TPSA) is 76.3 Å². The highest BCUT2D eigenvalue weighted by atomic mass is 19.1. The second-order valence-electron chi connectivity index (χ2n) is 7.42. The number of nitrogens with two attached hydrogens (primary N) is 1. The fourth-order valence-corrected chi connectivity index (χ4v) is 3.38. The van der Waals surface area contributed by atoms with Gasteiger partial charge >= 0.3 is 0 Å². The average molecular weight is 420 g/mol. The summed E-state index contributed by atoms with van der Waals surface area (Å²) in [4.78, 5) is 29.9. The minimum absolute atomic E-state index is 0.00685. The van der Waals surface area contributed by atoms with Gasteiger partial charge in [-0.1, -0.05) is 43.3 Å². The van der Waals surface area contributed by atoms with E-state index >= 15 is 0 Å². The number of carbonyl (C=O) groups is 2. The zero-order valence-corrected chi connectivity index (χ0v) is 17.8. The first kappa shape index (κ1) is 22.2. The van der Waals surface area contributed by atoms with Gasteiger partial charge < -0.3 is 10.6 Å². The van der Waals surface area contributed by atoms with Gasteiger partial charge in [-0.2, -0.15) is 0 Å². The van der Waals surface area contributed by atoms with Crippen LogP contribution in [0.2, 0.25) is 0 Å². The molecule has 3 aromatic rings. The molecular weight excluding hydrogens is 393 g/mol. The molecule has 160 valence electrons. The predicted octanol–water partition coefficient (Wildman–Crippen LogP) is 5.05. The third-order valence-electron chi connectivity index (χ3n) is 5.23. The minimum Gasteiger partial charge on any atom is -0.383 e. The van der Waals surface area contributed by atoms with Crippen LogP contribution in [0.3, 0.4) is 0 Å². The molecule has 0 aliphatic carbocycles. The fourth-order valence-electron chi connectivity index (χ4n) is 3.38. The summed E-state index contributed by atoms with van der Waals surface area (Å²) in [6, 6.07) is 15.5. The van der Waals surface area contributed by atoms with Gasteiger partial charge in [0.1, 0.15) is 11.6 Å². The molecule has 0 atom stereocenters. The maximum absolute atomic E-state index is 14.6. The zero-order chi connectivity index (χ0) is 22.4. The van der Waals surface area contributed by atoms with E-state index in [2.05, 4.69) is 4.98 Å². The SMILES string of the molecule is CCCC(=O)N(C)c1ccc(-c2ccc(C(=O)CCc3cccnc3N)cc2)cc1F. The van der Waals surface area contributed by atoms with Crippen LogP contribution in [0.5, 0.6) is 0 Å². The molecule has 2 N–H and O–H groups in total. The van der Waals surface area contributed by atoms with Crippen molar-refractivity contribution in [3.8, 4) is 11.1 Å². The summed E-state index contributed by atoms with van der Waals surface area (Å²) >= 11 is 0. The monoisotopic (exact) mass is 419 g/mol. The van der Waals surface area contributed by atoms with Crippen LogP contribution in [0.1, 0.15) is 42.1 Å². The summed E-state index contributed by atoms with van der Waals surface area (Å²) in [5, 5.41) is 0. The van der Waals surface area contributed by atoms with E-state index in [1.807, 2.05) is 13.0 Å². The molecule has 31 heavy (non-hydrogen) atoms. The number of aryl methyl sites for hydroxylation is 1. The largest absolute Gasteiger partial charge is 0.383 e. The standard InChI is InChI=1S/C25H26FN3O2/c1-3-5-24(31)29(2)22-13-11-20(16-21(22)26)17-7-9-18(10-8-17)23(30)14-12-19-6-4-15-28-25(19)27/h4,6-11,13,15-16H,3,5,12,14H2,1-2H3,(H2,27,28). The van der Waals surface area contributed by atoms with E-state index in [4.69, 9.17) is 5.73 Å². The number of rotatable bonds is 8. The van der Waals surface area contributed by atoms with Gasteiger partial charge in [-0.05, 0) is 47.7 Å². The van der Waals surface area contributed by atoms with Gasteiger partial charge in [0.2, 0.25) is 5.91 Å². The summed E-state index contributed by atoms with van der Waals surface area (Å²) in [7, 11) is 1.58. The lowest BCUT2D eigenvalue weighted by molar-refractivity contribution is -0.118. The summed E-state index contributed by atoms with van der Waals surface area (Å²) in [5.41, 5.74) is 9.00. The van der Waals surface area contributed by atoms with Gasteiger partial charge in [-0.3, -0.25) is 9.59 Å². The molecule has 3 rings (SSSR count). The summed E-state index contributed by atoms with van der Waals surface area (Å²) in [5.74, 6) is -0.130. The van der Waals surface area contributed by atoms with Crippen molar-refractivity contribution >= 4 is 23.2 Å². The molecule has 6 heteroatoms. The van der Waals surface area contributed by atoms with Crippen LogP contribution >= 0.6 is 0 Å². The highest BCUT2D eigenvalue weighted by Crippen LogP contribution is 2.27. The Kier molecular flexibility index (Phi) is 7.13. The van der Waals surface area contributed by atoms with Crippen molar-refractivity contribution in [1.82, 2.24) is 4.98 Å². The lowest BCUT2D eigenvalue weighted by Gasteiger charge is -2.18. The lowest BCUT2D eigenvalue weighted by Crippen LogP contribution is -2.26. The van der Waals surface area contributed by atoms with E-state index in [0.29, 0.717) is 42.6 Å². The average Bonchev–Trinajstić information content (AvgIpc) is 2.78. The van der Waals surface area contributed by atoms with E-state index in [1.54, 1.807) is 55.7 Å². The number of benzene rings is 2. The number of hydrogen-bond acceptors (Lipinski definition) is 4. The second kappa shape index (κ2) is 9.98. The third-order valence-corrected chi connectivity index (χ3v) is 5.23. The van der Waals surface area contributed by atoms with Gasteiger partial charge in [0, 0.05) is 31.6 Å². The smallest absolute Gasteiger partial charge is 0.226 e. The van der Waals surface area contributed by atoms with Gasteiger partial charge in [-0.25, -0.2) is 9.37 Å². The highest BCUT2D eigenvalue weighted by Gasteiger charge is 2.15. The fraction of sp³-hybridized carbons (Fsp3) is 0.240. The Bertz CT molecular complexity index is 1080. The van der Waals surface area contributed by atoms with Crippen molar-refractivity contribution in [2.24, 2.45) is 0 Å². The summed E-state index contributed by atoms with van der Waals surface area (Å²) < 4.78 is 14.6. The Morgan fingerprint density at radius 3 is 2.39 bits per heavy atom. The number of halogens is 1. The molecule has 0 saturated heterocycles. The van der Waals surface area contributed by atoms with E-state index in [-0.39, 0.29) is 17.4 Å². The molecule has 0 unspecified atom stereocenters. The number of ketones is 1. The Labute approximate surface area is 181 Å². The molecule has 2 aromatic carbocycles. The molecular formula is C25H26FN3O2. The number of nitrogens with zero attached hydrogens (tertiary/aromatic N) is 2. The number of amides is 1. The van der Waals surface area contributed by atoms with Gasteiger partial charge in [0.15, 0.2) is 5.78 Å². The van der Waals surface area contributed by atoms with Crippen LogP contribution in [0, 0.1) is 5.82 Å². The molecule has 5 nitrogen and oxygen atoms in total. The second-order valence-corrected chi connectivity index (χ2v) is 7.42. The first-order valence-corrected chi connectivity index (χ1v) is 10.3.